The van der Waals surface area contributed by atoms with E-state index in [2.05, 4.69) is 58.4 Å². The summed E-state index contributed by atoms with van der Waals surface area (Å²) < 4.78 is 11.6. The van der Waals surface area contributed by atoms with Crippen LogP contribution in [0.25, 0.3) is 0 Å². The number of morpholine rings is 1. The van der Waals surface area contributed by atoms with E-state index >= 15 is 0 Å². The van der Waals surface area contributed by atoms with Crippen molar-refractivity contribution in [3.8, 4) is 5.75 Å². The van der Waals surface area contributed by atoms with E-state index in [0.29, 0.717) is 12.6 Å². The van der Waals surface area contributed by atoms with Gasteiger partial charge >= 0.3 is 0 Å². The van der Waals surface area contributed by atoms with E-state index in [0.717, 1.165) is 56.6 Å². The van der Waals surface area contributed by atoms with E-state index in [1.165, 1.54) is 5.56 Å². The molecule has 2 aromatic rings. The molecule has 2 aliphatic heterocycles. The number of nitrogens with one attached hydrogen (secondary N) is 1. The lowest BCUT2D eigenvalue weighted by atomic mass is 10.1. The average Bonchev–Trinajstić information content (AvgIpc) is 3.23. The Morgan fingerprint density at radius 1 is 1.13 bits per heavy atom. The third-order valence-electron chi connectivity index (χ3n) is 5.87. The summed E-state index contributed by atoms with van der Waals surface area (Å²) in [5.41, 5.74) is 2.45. The third kappa shape index (κ3) is 5.90. The van der Waals surface area contributed by atoms with Crippen LogP contribution in [0, 0.1) is 0 Å². The van der Waals surface area contributed by atoms with Gasteiger partial charge in [-0.15, -0.1) is 24.0 Å². The van der Waals surface area contributed by atoms with Gasteiger partial charge in [-0.25, -0.2) is 4.99 Å². The molecule has 0 bridgehead atoms. The van der Waals surface area contributed by atoms with Crippen molar-refractivity contribution >= 4 is 29.9 Å². The van der Waals surface area contributed by atoms with Gasteiger partial charge in [0, 0.05) is 38.3 Å². The maximum absolute atomic E-state index is 6.14. The van der Waals surface area contributed by atoms with Crippen LogP contribution in [0.15, 0.2) is 59.6 Å². The monoisotopic (exact) mass is 536 g/mol. The lowest BCUT2D eigenvalue weighted by molar-refractivity contribution is -0.0502. The van der Waals surface area contributed by atoms with E-state index in [9.17, 15) is 0 Å². The molecule has 2 aromatic carbocycles. The Balaban J connectivity index is 0.00000272. The summed E-state index contributed by atoms with van der Waals surface area (Å²) in [6.07, 6.45) is 0.220. The predicted octanol–water partition coefficient (Wildman–Crippen LogP) is 3.36. The topological polar surface area (TPSA) is 49.3 Å². The number of aliphatic imine (C=N–C) groups is 1. The van der Waals surface area contributed by atoms with E-state index in [1.807, 2.05) is 18.2 Å². The Hall–Kier alpha value is -1.84. The molecular weight excluding hydrogens is 503 g/mol. The first-order chi connectivity index (χ1) is 14.8. The molecule has 4 rings (SSSR count). The number of hydrogen-bond acceptors (Lipinski definition) is 4. The maximum Gasteiger partial charge on any atom is 0.194 e. The van der Waals surface area contributed by atoms with Gasteiger partial charge in [-0.3, -0.25) is 4.90 Å². The van der Waals surface area contributed by atoms with Crippen LogP contribution < -0.4 is 10.1 Å². The number of para-hydroxylation sites is 1. The number of halogens is 1. The minimum Gasteiger partial charge on any atom is -0.496 e. The number of likely N-dealkylation sites (tertiary alicyclic amines) is 1. The van der Waals surface area contributed by atoms with Gasteiger partial charge in [-0.05, 0) is 18.6 Å². The largest absolute Gasteiger partial charge is 0.496 e. The fourth-order valence-corrected chi connectivity index (χ4v) is 4.36. The van der Waals surface area contributed by atoms with Crippen LogP contribution in [0.4, 0.5) is 0 Å². The van der Waals surface area contributed by atoms with Crippen molar-refractivity contribution in [3.63, 3.8) is 0 Å². The van der Waals surface area contributed by atoms with Gasteiger partial charge in [0.05, 0.1) is 32.4 Å². The van der Waals surface area contributed by atoms with E-state index in [4.69, 9.17) is 14.5 Å². The first-order valence-corrected chi connectivity index (χ1v) is 10.8. The highest BCUT2D eigenvalue weighted by molar-refractivity contribution is 14.0. The Bertz CT molecular complexity index is 848. The number of guanidine groups is 1. The molecule has 0 spiro atoms. The number of ether oxygens (including phenoxy) is 2. The summed E-state index contributed by atoms with van der Waals surface area (Å²) in [7, 11) is 1.71. The van der Waals surface area contributed by atoms with Gasteiger partial charge in [0.25, 0.3) is 0 Å². The molecule has 0 saturated carbocycles. The Kier molecular flexibility index (Phi) is 8.98. The van der Waals surface area contributed by atoms with E-state index < -0.39 is 0 Å². The molecule has 0 aliphatic carbocycles. The van der Waals surface area contributed by atoms with Crippen LogP contribution >= 0.6 is 24.0 Å². The van der Waals surface area contributed by atoms with Crippen molar-refractivity contribution in [3.05, 3.63) is 65.7 Å². The molecule has 2 fully saturated rings. The van der Waals surface area contributed by atoms with Gasteiger partial charge in [-0.1, -0.05) is 48.5 Å². The number of rotatable bonds is 6. The number of methoxy groups -OCH3 is 1. The zero-order valence-corrected chi connectivity index (χ0v) is 20.7. The molecule has 6 nitrogen and oxygen atoms in total. The predicted molar refractivity (Wildman–Crippen MR) is 135 cm³/mol. The van der Waals surface area contributed by atoms with Crippen LogP contribution in [0.5, 0.6) is 5.75 Å². The number of nitrogens with zero attached hydrogens (tertiary/aromatic N) is 3. The molecule has 0 amide bonds. The molecule has 2 heterocycles. The van der Waals surface area contributed by atoms with Crippen molar-refractivity contribution in [2.24, 2.45) is 4.99 Å². The zero-order valence-electron chi connectivity index (χ0n) is 18.4. The zero-order chi connectivity index (χ0) is 20.8. The van der Waals surface area contributed by atoms with Crippen molar-refractivity contribution in [1.82, 2.24) is 15.1 Å². The summed E-state index contributed by atoms with van der Waals surface area (Å²) in [5, 5.41) is 3.47. The molecular formula is C24H33IN4O2. The highest BCUT2D eigenvalue weighted by atomic mass is 127. The second-order valence-electron chi connectivity index (χ2n) is 7.82. The molecule has 1 N–H and O–H groups in total. The molecule has 2 aliphatic rings. The molecule has 2 saturated heterocycles. The average molecular weight is 536 g/mol. The van der Waals surface area contributed by atoms with Crippen LogP contribution in [-0.4, -0.2) is 67.8 Å². The van der Waals surface area contributed by atoms with E-state index in [-0.39, 0.29) is 30.1 Å². The van der Waals surface area contributed by atoms with Gasteiger partial charge in [0.1, 0.15) is 5.75 Å². The summed E-state index contributed by atoms with van der Waals surface area (Å²) in [5.74, 6) is 1.82. The van der Waals surface area contributed by atoms with Gasteiger partial charge in [0.15, 0.2) is 5.96 Å². The Labute approximate surface area is 202 Å². The fraction of sp³-hybridized carbons (Fsp3) is 0.458. The van der Waals surface area contributed by atoms with E-state index in [1.54, 1.807) is 7.11 Å². The highest BCUT2D eigenvalue weighted by Crippen LogP contribution is 2.25. The number of benzene rings is 2. The van der Waals surface area contributed by atoms with Crippen molar-refractivity contribution in [2.45, 2.75) is 32.2 Å². The van der Waals surface area contributed by atoms with Gasteiger partial charge in [0.2, 0.25) is 0 Å². The molecule has 168 valence electrons. The highest BCUT2D eigenvalue weighted by Gasteiger charge is 2.41. The smallest absolute Gasteiger partial charge is 0.194 e. The summed E-state index contributed by atoms with van der Waals surface area (Å²) in [4.78, 5) is 9.83. The normalized spacial score (nSPS) is 21.4. The Morgan fingerprint density at radius 2 is 1.90 bits per heavy atom. The van der Waals surface area contributed by atoms with Gasteiger partial charge < -0.3 is 19.7 Å². The quantitative estimate of drug-likeness (QED) is 0.349. The standard InChI is InChI=1S/C24H32N4O2.HI/c1-3-25-24(26-15-20-11-7-8-12-22(20)29-2)28-17-21-23(18-28)30-14-13-27(21)16-19-9-5-4-6-10-19;/h4-12,21,23H,3,13-18H2,1-2H3,(H,25,26);1H. The third-order valence-corrected chi connectivity index (χ3v) is 5.87. The fourth-order valence-electron chi connectivity index (χ4n) is 4.36. The SMILES string of the molecule is CCNC(=NCc1ccccc1OC)N1CC2OCCN(Cc3ccccc3)C2C1.I. The lowest BCUT2D eigenvalue weighted by Crippen LogP contribution is -2.50. The molecule has 0 radical (unpaired) electrons. The summed E-state index contributed by atoms with van der Waals surface area (Å²) in [6.45, 7) is 8.06. The van der Waals surface area contributed by atoms with Gasteiger partial charge in [-0.2, -0.15) is 0 Å². The molecule has 2 unspecified atom stereocenters. The second-order valence-corrected chi connectivity index (χ2v) is 7.82. The second kappa shape index (κ2) is 11.7. The Morgan fingerprint density at radius 3 is 2.68 bits per heavy atom. The van der Waals surface area contributed by atoms with Crippen molar-refractivity contribution < 1.29 is 9.47 Å². The van der Waals surface area contributed by atoms with Crippen molar-refractivity contribution in [2.75, 3.05) is 39.9 Å². The summed E-state index contributed by atoms with van der Waals surface area (Å²) in [6, 6.07) is 19.2. The van der Waals surface area contributed by atoms with Crippen LogP contribution in [-0.2, 0) is 17.8 Å². The van der Waals surface area contributed by atoms with Crippen LogP contribution in [0.2, 0.25) is 0 Å². The minimum absolute atomic E-state index is 0. The van der Waals surface area contributed by atoms with Crippen molar-refractivity contribution in [1.29, 1.82) is 0 Å². The first-order valence-electron chi connectivity index (χ1n) is 10.8. The van der Waals surface area contributed by atoms with Crippen LogP contribution in [0.3, 0.4) is 0 Å². The molecule has 31 heavy (non-hydrogen) atoms. The van der Waals surface area contributed by atoms with Crippen LogP contribution in [0.1, 0.15) is 18.1 Å². The maximum atomic E-state index is 6.14. The molecule has 2 atom stereocenters. The lowest BCUT2D eigenvalue weighted by Gasteiger charge is -2.36. The number of fused-ring (bicyclic) bond motifs is 1. The molecule has 7 heteroatoms. The first kappa shape index (κ1) is 23.8. The minimum atomic E-state index is 0. The molecule has 0 aromatic heterocycles. The number of hydrogen-bond donors (Lipinski definition) is 1. The summed E-state index contributed by atoms with van der Waals surface area (Å²) >= 11 is 0.